The van der Waals surface area contributed by atoms with Crippen molar-refractivity contribution in [2.24, 2.45) is 17.8 Å². The number of rotatable bonds is 4. The number of carbonyl (C=O) groups excluding carboxylic acids is 4. The van der Waals surface area contributed by atoms with Crippen molar-refractivity contribution in [2.45, 2.75) is 94.2 Å². The van der Waals surface area contributed by atoms with Crippen molar-refractivity contribution in [3.63, 3.8) is 0 Å². The lowest BCUT2D eigenvalue weighted by Gasteiger charge is -2.26. The van der Waals surface area contributed by atoms with Gasteiger partial charge in [0.05, 0.1) is 17.1 Å². The van der Waals surface area contributed by atoms with Crippen LogP contribution in [0.2, 0.25) is 0 Å². The highest BCUT2D eigenvalue weighted by Gasteiger charge is 2.62. The minimum atomic E-state index is -3.83. The Morgan fingerprint density at radius 1 is 1.00 bits per heavy atom. The van der Waals surface area contributed by atoms with Gasteiger partial charge in [0, 0.05) is 32.6 Å². The van der Waals surface area contributed by atoms with Crippen LogP contribution in [0.3, 0.4) is 0 Å². The molecule has 5 atom stereocenters. The van der Waals surface area contributed by atoms with Gasteiger partial charge in [-0.2, -0.15) is 0 Å². The molecule has 0 saturated heterocycles. The predicted octanol–water partition coefficient (Wildman–Crippen LogP) is 2.72. The second-order valence-corrected chi connectivity index (χ2v) is 15.8. The average molecular weight is 671 g/mol. The van der Waals surface area contributed by atoms with Crippen LogP contribution in [0.4, 0.5) is 4.79 Å². The number of amides is 4. The maximum absolute atomic E-state index is 14.0. The number of benzene rings is 1. The molecule has 3 aliphatic carbocycles. The zero-order valence-electron chi connectivity index (χ0n) is 26.6. The van der Waals surface area contributed by atoms with E-state index in [1.54, 1.807) is 16.8 Å². The largest absolute Gasteiger partial charge is 0.454 e. The number of sulfonamides is 1. The second kappa shape index (κ2) is 12.3. The van der Waals surface area contributed by atoms with Gasteiger partial charge in [-0.1, -0.05) is 25.0 Å². The molecule has 2 N–H and O–H groups in total. The fourth-order valence-electron chi connectivity index (χ4n) is 7.38. The van der Waals surface area contributed by atoms with Crippen LogP contribution in [0, 0.1) is 17.8 Å². The van der Waals surface area contributed by atoms with Crippen LogP contribution in [0.25, 0.3) is 0 Å². The minimum Gasteiger partial charge on any atom is -0.454 e. The molecule has 3 fully saturated rings. The van der Waals surface area contributed by atoms with E-state index in [2.05, 4.69) is 10.0 Å². The summed E-state index contributed by atoms with van der Waals surface area (Å²) in [5.74, 6) is -2.18. The van der Waals surface area contributed by atoms with E-state index in [9.17, 15) is 27.6 Å². The molecule has 14 heteroatoms. The lowest BCUT2D eigenvalue weighted by Crippen LogP contribution is -2.54. The van der Waals surface area contributed by atoms with Crippen LogP contribution >= 0.6 is 0 Å². The van der Waals surface area contributed by atoms with Crippen LogP contribution in [-0.4, -0.2) is 79.3 Å². The molecule has 6 aliphatic rings. The maximum Gasteiger partial charge on any atom is 0.410 e. The lowest BCUT2D eigenvalue weighted by atomic mass is 9.93. The molecule has 1 aromatic rings. The number of fused-ring (bicyclic) bond motifs is 4. The van der Waals surface area contributed by atoms with Crippen LogP contribution in [0.5, 0.6) is 11.5 Å². The van der Waals surface area contributed by atoms with Crippen molar-refractivity contribution in [3.8, 4) is 11.5 Å². The summed E-state index contributed by atoms with van der Waals surface area (Å²) in [7, 11) is -2.11. The van der Waals surface area contributed by atoms with Gasteiger partial charge in [-0.15, -0.1) is 0 Å². The van der Waals surface area contributed by atoms with Crippen molar-refractivity contribution in [3.05, 3.63) is 35.4 Å². The highest BCUT2D eigenvalue weighted by atomic mass is 32.2. The van der Waals surface area contributed by atoms with Crippen molar-refractivity contribution >= 4 is 33.8 Å². The Bertz CT molecular complexity index is 1580. The molecule has 7 rings (SSSR count). The Kier molecular flexibility index (Phi) is 8.34. The third-order valence-corrected chi connectivity index (χ3v) is 12.3. The third kappa shape index (κ3) is 6.40. The molecule has 13 nitrogen and oxygen atoms in total. The smallest absolute Gasteiger partial charge is 0.410 e. The number of carbonyl (C=O) groups is 4. The summed E-state index contributed by atoms with van der Waals surface area (Å²) in [6.07, 6.45) is 8.74. The first-order valence-electron chi connectivity index (χ1n) is 16.7. The van der Waals surface area contributed by atoms with Gasteiger partial charge >= 0.3 is 6.09 Å². The molecule has 1 unspecified atom stereocenters. The quantitative estimate of drug-likeness (QED) is 0.459. The highest BCUT2D eigenvalue weighted by Crippen LogP contribution is 2.47. The van der Waals surface area contributed by atoms with E-state index in [0.29, 0.717) is 44.0 Å². The van der Waals surface area contributed by atoms with Crippen molar-refractivity contribution in [1.29, 1.82) is 0 Å². The van der Waals surface area contributed by atoms with Gasteiger partial charge in [-0.3, -0.25) is 24.0 Å². The van der Waals surface area contributed by atoms with Gasteiger partial charge in [0.15, 0.2) is 11.5 Å². The van der Waals surface area contributed by atoms with E-state index in [1.165, 1.54) is 0 Å². The minimum absolute atomic E-state index is 0.108. The summed E-state index contributed by atoms with van der Waals surface area (Å²) >= 11 is 0. The van der Waals surface area contributed by atoms with Gasteiger partial charge in [0.2, 0.25) is 28.6 Å². The van der Waals surface area contributed by atoms with Gasteiger partial charge in [-0.25, -0.2) is 13.2 Å². The SMILES string of the molecule is CN1CCCCCC/C=C\[C@@H]2C[C@@]2(C(=O)NS(=O)(=O)C2CC2)NC(=O)[C@@H]2C[C@@H](OC(=O)N3Cc4cc5c(cc4C3)OCO5)CC2C1=O. The summed E-state index contributed by atoms with van der Waals surface area (Å²) in [6.45, 7) is 1.38. The molecule has 0 spiro atoms. The number of hydrogen-bond donors (Lipinski definition) is 2. The van der Waals surface area contributed by atoms with Gasteiger partial charge in [-0.05, 0) is 74.6 Å². The fraction of sp³-hybridized carbons (Fsp3) is 0.636. The first-order chi connectivity index (χ1) is 22.5. The van der Waals surface area contributed by atoms with Crippen molar-refractivity contribution in [2.75, 3.05) is 20.4 Å². The Labute approximate surface area is 274 Å². The number of allylic oxidation sites excluding steroid dienone is 1. The zero-order valence-corrected chi connectivity index (χ0v) is 27.4. The molecule has 1 aromatic carbocycles. The monoisotopic (exact) mass is 670 g/mol. The number of ether oxygens (including phenoxy) is 3. The molecule has 0 bridgehead atoms. The van der Waals surface area contributed by atoms with Crippen LogP contribution in [-0.2, 0) is 42.2 Å². The highest BCUT2D eigenvalue weighted by molar-refractivity contribution is 7.91. The summed E-state index contributed by atoms with van der Waals surface area (Å²) in [5.41, 5.74) is 0.457. The summed E-state index contributed by atoms with van der Waals surface area (Å²) in [4.78, 5) is 57.9. The van der Waals surface area contributed by atoms with Crippen molar-refractivity contribution < 1.29 is 41.8 Å². The van der Waals surface area contributed by atoms with Crippen LogP contribution in [0.15, 0.2) is 24.3 Å². The topological polar surface area (TPSA) is 161 Å². The second-order valence-electron chi connectivity index (χ2n) is 13.9. The lowest BCUT2D eigenvalue weighted by molar-refractivity contribution is -0.140. The van der Waals surface area contributed by atoms with Crippen LogP contribution < -0.4 is 19.5 Å². The summed E-state index contributed by atoms with van der Waals surface area (Å²) in [5, 5.41) is 2.30. The molecule has 254 valence electrons. The van der Waals surface area contributed by atoms with E-state index in [4.69, 9.17) is 14.2 Å². The Morgan fingerprint density at radius 3 is 2.38 bits per heavy atom. The van der Waals surface area contributed by atoms with E-state index < -0.39 is 56.7 Å². The standard InChI is InChI=1S/C33H42N4O9S/c1-36-11-7-5-3-2-4-6-8-22-16-33(22,31(40)35-47(42,43)24-9-10-24)34-29(38)25-14-23(15-26(25)30(36)39)46-32(41)37-17-20-12-27-28(45-19-44-27)13-21(20)18-37/h6,8,12-13,22-26H,2-5,7,9-11,14-19H2,1H3,(H,34,38)(H,35,40)/b8-6-/t22-,23-,25-,26?,33-/m1/s1. The predicted molar refractivity (Wildman–Crippen MR) is 167 cm³/mol. The first kappa shape index (κ1) is 31.8. The summed E-state index contributed by atoms with van der Waals surface area (Å²) in [6, 6.07) is 3.74. The molecular formula is C33H42N4O9S. The molecular weight excluding hydrogens is 628 g/mol. The van der Waals surface area contributed by atoms with E-state index >= 15 is 0 Å². The number of hydrogen-bond acceptors (Lipinski definition) is 9. The maximum atomic E-state index is 14.0. The summed E-state index contributed by atoms with van der Waals surface area (Å²) < 4.78 is 44.5. The van der Waals surface area contributed by atoms with Crippen LogP contribution in [0.1, 0.15) is 75.3 Å². The first-order valence-corrected chi connectivity index (χ1v) is 18.3. The van der Waals surface area contributed by atoms with Gasteiger partial charge in [0.25, 0.3) is 5.91 Å². The number of nitrogens with one attached hydrogen (secondary N) is 2. The van der Waals surface area contributed by atoms with E-state index in [0.717, 1.165) is 43.2 Å². The average Bonchev–Trinajstić information content (AvgIpc) is 3.85. The Balaban J connectivity index is 1.08. The molecule has 3 saturated carbocycles. The molecule has 4 amide bonds. The molecule has 0 radical (unpaired) electrons. The number of nitrogens with zero attached hydrogens (tertiary/aromatic N) is 2. The molecule has 3 aliphatic heterocycles. The third-order valence-electron chi connectivity index (χ3n) is 10.4. The molecule has 3 heterocycles. The zero-order chi connectivity index (χ0) is 32.9. The Morgan fingerprint density at radius 2 is 1.68 bits per heavy atom. The van der Waals surface area contributed by atoms with Crippen molar-refractivity contribution in [1.82, 2.24) is 19.8 Å². The molecule has 0 aromatic heterocycles. The fourth-order valence-corrected chi connectivity index (χ4v) is 8.74. The van der Waals surface area contributed by atoms with E-state index in [1.807, 2.05) is 24.3 Å². The van der Waals surface area contributed by atoms with Gasteiger partial charge < -0.3 is 24.4 Å². The molecule has 47 heavy (non-hydrogen) atoms. The normalized spacial score (nSPS) is 31.3. The Hall–Kier alpha value is -3.81. The van der Waals surface area contributed by atoms with E-state index in [-0.39, 0.29) is 37.9 Å². The van der Waals surface area contributed by atoms with Gasteiger partial charge in [0.1, 0.15) is 11.6 Å².